The molecule has 2 heteroatoms. The molecule has 17 heavy (non-hydrogen) atoms. The molecule has 2 heterocycles. The van der Waals surface area contributed by atoms with E-state index in [2.05, 4.69) is 36.2 Å². The lowest BCUT2D eigenvalue weighted by molar-refractivity contribution is 0.160. The number of methoxy groups -OCH3 is 1. The smallest absolute Gasteiger partial charge is 0.122 e. The number of piperidine rings is 1. The van der Waals surface area contributed by atoms with E-state index in [1.165, 1.54) is 31.2 Å². The van der Waals surface area contributed by atoms with Gasteiger partial charge in [0, 0.05) is 12.1 Å². The van der Waals surface area contributed by atoms with Crippen molar-refractivity contribution in [3.63, 3.8) is 0 Å². The largest absolute Gasteiger partial charge is 0.496 e. The maximum absolute atomic E-state index is 5.50. The summed E-state index contributed by atoms with van der Waals surface area (Å²) in [6.07, 6.45) is 5.36. The predicted molar refractivity (Wildman–Crippen MR) is 69.5 cm³/mol. The molecular weight excluding hydrogens is 210 g/mol. The van der Waals surface area contributed by atoms with Gasteiger partial charge in [0.1, 0.15) is 5.75 Å². The van der Waals surface area contributed by atoms with Gasteiger partial charge in [-0.1, -0.05) is 18.2 Å². The first kappa shape index (κ1) is 11.1. The zero-order valence-electron chi connectivity index (χ0n) is 10.7. The second-order valence-electron chi connectivity index (χ2n) is 5.46. The fraction of sp³-hybridized carbons (Fsp3) is 0.600. The fourth-order valence-corrected chi connectivity index (χ4v) is 3.67. The van der Waals surface area contributed by atoms with Crippen molar-refractivity contribution in [2.75, 3.05) is 14.2 Å². The molecule has 0 saturated carbocycles. The van der Waals surface area contributed by atoms with Crippen molar-refractivity contribution in [3.8, 4) is 5.75 Å². The van der Waals surface area contributed by atoms with Crippen LogP contribution in [0.3, 0.4) is 0 Å². The summed E-state index contributed by atoms with van der Waals surface area (Å²) >= 11 is 0. The van der Waals surface area contributed by atoms with Gasteiger partial charge in [0.2, 0.25) is 0 Å². The Morgan fingerprint density at radius 3 is 2.41 bits per heavy atom. The normalized spacial score (nSPS) is 32.7. The SMILES string of the molecule is COc1ccccc1C1CC2CCC(C1)N2C. The van der Waals surface area contributed by atoms with E-state index in [1.54, 1.807) is 7.11 Å². The zero-order chi connectivity index (χ0) is 11.8. The first-order valence-corrected chi connectivity index (χ1v) is 6.64. The monoisotopic (exact) mass is 231 g/mol. The highest BCUT2D eigenvalue weighted by Crippen LogP contribution is 2.44. The Morgan fingerprint density at radius 2 is 1.76 bits per heavy atom. The van der Waals surface area contributed by atoms with Crippen LogP contribution in [-0.4, -0.2) is 31.1 Å². The summed E-state index contributed by atoms with van der Waals surface area (Å²) < 4.78 is 5.50. The fourth-order valence-electron chi connectivity index (χ4n) is 3.67. The second-order valence-corrected chi connectivity index (χ2v) is 5.46. The summed E-state index contributed by atoms with van der Waals surface area (Å²) in [5, 5.41) is 0. The van der Waals surface area contributed by atoms with E-state index in [0.717, 1.165) is 17.8 Å². The third kappa shape index (κ3) is 1.85. The lowest BCUT2D eigenvalue weighted by Gasteiger charge is -2.36. The van der Waals surface area contributed by atoms with Crippen LogP contribution in [0.2, 0.25) is 0 Å². The summed E-state index contributed by atoms with van der Waals surface area (Å²) in [6.45, 7) is 0. The molecule has 2 saturated heterocycles. The van der Waals surface area contributed by atoms with Crippen LogP contribution in [0, 0.1) is 0 Å². The molecule has 0 N–H and O–H groups in total. The van der Waals surface area contributed by atoms with Gasteiger partial charge < -0.3 is 9.64 Å². The molecule has 1 aromatic rings. The van der Waals surface area contributed by atoms with Crippen LogP contribution in [0.4, 0.5) is 0 Å². The molecule has 0 aromatic heterocycles. The summed E-state index contributed by atoms with van der Waals surface area (Å²) in [4.78, 5) is 2.59. The molecule has 2 nitrogen and oxygen atoms in total. The molecule has 0 amide bonds. The first-order chi connectivity index (χ1) is 8.29. The number of para-hydroxylation sites is 1. The molecule has 1 aromatic carbocycles. The van der Waals surface area contributed by atoms with Gasteiger partial charge in [0.25, 0.3) is 0 Å². The number of nitrogens with zero attached hydrogens (tertiary/aromatic N) is 1. The Bertz CT molecular complexity index is 390. The van der Waals surface area contributed by atoms with Crippen LogP contribution in [0.5, 0.6) is 5.75 Å². The van der Waals surface area contributed by atoms with Gasteiger partial charge in [0.05, 0.1) is 7.11 Å². The van der Waals surface area contributed by atoms with Crippen LogP contribution >= 0.6 is 0 Å². The Morgan fingerprint density at radius 1 is 1.12 bits per heavy atom. The van der Waals surface area contributed by atoms with Gasteiger partial charge >= 0.3 is 0 Å². The summed E-state index contributed by atoms with van der Waals surface area (Å²) in [5.74, 6) is 1.77. The summed E-state index contributed by atoms with van der Waals surface area (Å²) in [7, 11) is 4.07. The van der Waals surface area contributed by atoms with Gasteiger partial charge in [-0.15, -0.1) is 0 Å². The van der Waals surface area contributed by atoms with Crippen LogP contribution in [0.1, 0.15) is 37.2 Å². The van der Waals surface area contributed by atoms with Crippen molar-refractivity contribution >= 4 is 0 Å². The molecule has 0 radical (unpaired) electrons. The van der Waals surface area contributed by atoms with Crippen molar-refractivity contribution in [1.29, 1.82) is 0 Å². The maximum atomic E-state index is 5.50. The topological polar surface area (TPSA) is 12.5 Å². The molecule has 3 rings (SSSR count). The van der Waals surface area contributed by atoms with Crippen LogP contribution in [0.15, 0.2) is 24.3 Å². The molecule has 2 atom stereocenters. The van der Waals surface area contributed by atoms with Crippen LogP contribution < -0.4 is 4.74 Å². The zero-order valence-corrected chi connectivity index (χ0v) is 10.7. The van der Waals surface area contributed by atoms with Gasteiger partial charge in [-0.2, -0.15) is 0 Å². The molecule has 0 spiro atoms. The quantitative estimate of drug-likeness (QED) is 0.775. The van der Waals surface area contributed by atoms with Crippen molar-refractivity contribution < 1.29 is 4.74 Å². The number of hydrogen-bond acceptors (Lipinski definition) is 2. The van der Waals surface area contributed by atoms with E-state index in [1.807, 2.05) is 0 Å². The van der Waals surface area contributed by atoms with Crippen molar-refractivity contribution in [1.82, 2.24) is 4.90 Å². The average Bonchev–Trinajstić information content (AvgIpc) is 2.61. The van der Waals surface area contributed by atoms with Gasteiger partial charge in [-0.3, -0.25) is 0 Å². The van der Waals surface area contributed by atoms with E-state index in [9.17, 15) is 0 Å². The number of rotatable bonds is 2. The lowest BCUT2D eigenvalue weighted by atomic mass is 9.85. The van der Waals surface area contributed by atoms with E-state index in [-0.39, 0.29) is 0 Å². The molecular formula is C15H21NO. The third-order valence-electron chi connectivity index (χ3n) is 4.68. The molecule has 2 aliphatic rings. The Balaban J connectivity index is 1.86. The number of fused-ring (bicyclic) bond motifs is 2. The third-order valence-corrected chi connectivity index (χ3v) is 4.68. The van der Waals surface area contributed by atoms with E-state index in [4.69, 9.17) is 4.74 Å². The highest BCUT2D eigenvalue weighted by molar-refractivity contribution is 5.37. The van der Waals surface area contributed by atoms with E-state index < -0.39 is 0 Å². The van der Waals surface area contributed by atoms with E-state index >= 15 is 0 Å². The highest BCUT2D eigenvalue weighted by atomic mass is 16.5. The van der Waals surface area contributed by atoms with Gasteiger partial charge in [0.15, 0.2) is 0 Å². The molecule has 2 fully saturated rings. The Labute approximate surface area is 104 Å². The summed E-state index contributed by atoms with van der Waals surface area (Å²) in [6, 6.07) is 10.1. The van der Waals surface area contributed by atoms with Crippen LogP contribution in [0.25, 0.3) is 0 Å². The average molecular weight is 231 g/mol. The highest BCUT2D eigenvalue weighted by Gasteiger charge is 2.39. The number of hydrogen-bond donors (Lipinski definition) is 0. The molecule has 2 bridgehead atoms. The second kappa shape index (κ2) is 4.34. The minimum absolute atomic E-state index is 0.694. The Kier molecular flexibility index (Phi) is 2.83. The molecule has 2 aliphatic heterocycles. The van der Waals surface area contributed by atoms with Crippen molar-refractivity contribution in [2.45, 2.75) is 43.7 Å². The Hall–Kier alpha value is -1.02. The maximum Gasteiger partial charge on any atom is 0.122 e. The summed E-state index contributed by atoms with van der Waals surface area (Å²) in [5.41, 5.74) is 1.42. The number of ether oxygens (including phenoxy) is 1. The molecule has 92 valence electrons. The first-order valence-electron chi connectivity index (χ1n) is 6.64. The number of benzene rings is 1. The standard InChI is InChI=1S/C15H21NO/c1-16-12-7-8-13(16)10-11(9-12)14-5-3-4-6-15(14)17-2/h3-6,11-13H,7-10H2,1-2H3. The van der Waals surface area contributed by atoms with Crippen molar-refractivity contribution in [3.05, 3.63) is 29.8 Å². The van der Waals surface area contributed by atoms with Crippen molar-refractivity contribution in [2.24, 2.45) is 0 Å². The lowest BCUT2D eigenvalue weighted by Crippen LogP contribution is -2.39. The van der Waals surface area contributed by atoms with Crippen LogP contribution in [-0.2, 0) is 0 Å². The minimum Gasteiger partial charge on any atom is -0.496 e. The predicted octanol–water partition coefficient (Wildman–Crippen LogP) is 3.04. The molecule has 0 aliphatic carbocycles. The van der Waals surface area contributed by atoms with E-state index in [0.29, 0.717) is 5.92 Å². The molecule has 2 unspecified atom stereocenters. The van der Waals surface area contributed by atoms with Gasteiger partial charge in [-0.05, 0) is 50.3 Å². The van der Waals surface area contributed by atoms with Gasteiger partial charge in [-0.25, -0.2) is 0 Å². The minimum atomic E-state index is 0.694.